The molecule has 0 radical (unpaired) electrons. The van der Waals surface area contributed by atoms with E-state index in [1.807, 2.05) is 6.08 Å². The summed E-state index contributed by atoms with van der Waals surface area (Å²) in [7, 11) is 0. The van der Waals surface area contributed by atoms with Gasteiger partial charge in [-0.15, -0.1) is 6.58 Å². The van der Waals surface area contributed by atoms with Crippen LogP contribution in [0.5, 0.6) is 0 Å². The Morgan fingerprint density at radius 1 is 1.15 bits per heavy atom. The molecule has 0 saturated carbocycles. The maximum absolute atomic E-state index is 11.7. The molecule has 5 heteroatoms. The third-order valence-electron chi connectivity index (χ3n) is 3.90. The summed E-state index contributed by atoms with van der Waals surface area (Å²) in [6.45, 7) is 12.1. The Kier molecular flexibility index (Phi) is 5.09. The monoisotopic (exact) mass is 277 g/mol. The average molecular weight is 277 g/mol. The van der Waals surface area contributed by atoms with Crippen LogP contribution in [0.4, 0.5) is 0 Å². The van der Waals surface area contributed by atoms with Crippen molar-refractivity contribution in [1.82, 2.24) is 14.7 Å². The highest BCUT2D eigenvalue weighted by Gasteiger charge is 2.27. The van der Waals surface area contributed by atoms with Crippen molar-refractivity contribution >= 4 is 11.8 Å². The van der Waals surface area contributed by atoms with Crippen LogP contribution < -0.4 is 0 Å². The van der Waals surface area contributed by atoms with Crippen molar-refractivity contribution in [2.24, 2.45) is 0 Å². The van der Waals surface area contributed by atoms with Crippen molar-refractivity contribution in [2.45, 2.75) is 13.3 Å². The molecule has 0 unspecified atom stereocenters. The lowest BCUT2D eigenvalue weighted by molar-refractivity contribution is -0.137. The quantitative estimate of drug-likeness (QED) is 0.524. The zero-order valence-electron chi connectivity index (χ0n) is 12.2. The Morgan fingerprint density at radius 2 is 1.80 bits per heavy atom. The van der Waals surface area contributed by atoms with Gasteiger partial charge in [-0.05, 0) is 19.9 Å². The van der Waals surface area contributed by atoms with Gasteiger partial charge in [0, 0.05) is 50.9 Å². The van der Waals surface area contributed by atoms with Crippen LogP contribution in [-0.2, 0) is 9.59 Å². The number of carbonyl (C=O) groups is 2. The highest BCUT2D eigenvalue weighted by Crippen LogP contribution is 2.12. The summed E-state index contributed by atoms with van der Waals surface area (Å²) in [6.07, 6.45) is 4.21. The van der Waals surface area contributed by atoms with Crippen LogP contribution in [0, 0.1) is 0 Å². The van der Waals surface area contributed by atoms with E-state index in [1.165, 1.54) is 11.0 Å². The third kappa shape index (κ3) is 3.55. The number of imide groups is 1. The zero-order valence-corrected chi connectivity index (χ0v) is 12.2. The highest BCUT2D eigenvalue weighted by atomic mass is 16.2. The summed E-state index contributed by atoms with van der Waals surface area (Å²) in [5, 5.41) is 0. The third-order valence-corrected chi connectivity index (χ3v) is 3.90. The molecule has 0 aromatic carbocycles. The van der Waals surface area contributed by atoms with Crippen LogP contribution in [0.1, 0.15) is 13.3 Å². The molecule has 2 heterocycles. The molecule has 110 valence electrons. The number of nitrogens with zero attached hydrogens (tertiary/aromatic N) is 3. The molecule has 0 aromatic rings. The fourth-order valence-corrected chi connectivity index (χ4v) is 2.68. The van der Waals surface area contributed by atoms with Crippen LogP contribution in [-0.4, -0.2) is 72.3 Å². The Morgan fingerprint density at radius 3 is 2.35 bits per heavy atom. The maximum Gasteiger partial charge on any atom is 0.256 e. The van der Waals surface area contributed by atoms with Crippen LogP contribution >= 0.6 is 0 Å². The molecule has 1 saturated heterocycles. The second kappa shape index (κ2) is 6.81. The summed E-state index contributed by atoms with van der Waals surface area (Å²) in [4.78, 5) is 29.4. The van der Waals surface area contributed by atoms with Crippen LogP contribution in [0.15, 0.2) is 24.3 Å². The minimum Gasteiger partial charge on any atom is -0.301 e. The van der Waals surface area contributed by atoms with Gasteiger partial charge in [0.2, 0.25) is 0 Å². The summed E-state index contributed by atoms with van der Waals surface area (Å²) in [6, 6.07) is 0. The molecule has 0 bridgehead atoms. The lowest BCUT2D eigenvalue weighted by atomic mass is 10.2. The second-order valence-electron chi connectivity index (χ2n) is 5.41. The van der Waals surface area contributed by atoms with Gasteiger partial charge in [-0.1, -0.05) is 6.08 Å². The van der Waals surface area contributed by atoms with Crippen LogP contribution in [0.25, 0.3) is 0 Å². The van der Waals surface area contributed by atoms with E-state index >= 15 is 0 Å². The first kappa shape index (κ1) is 14.9. The molecule has 2 aliphatic rings. The van der Waals surface area contributed by atoms with Crippen molar-refractivity contribution in [3.05, 3.63) is 24.3 Å². The molecule has 2 amide bonds. The maximum atomic E-state index is 11.7. The van der Waals surface area contributed by atoms with E-state index in [1.54, 1.807) is 6.92 Å². The Hall–Kier alpha value is -1.46. The summed E-state index contributed by atoms with van der Waals surface area (Å²) >= 11 is 0. The topological polar surface area (TPSA) is 43.9 Å². The molecule has 2 rings (SSSR count). The average Bonchev–Trinajstić information content (AvgIpc) is 2.67. The molecule has 1 fully saturated rings. The molecular formula is C15H23N3O2. The van der Waals surface area contributed by atoms with Gasteiger partial charge in [0.05, 0.1) is 0 Å². The molecule has 0 spiro atoms. The fourth-order valence-electron chi connectivity index (χ4n) is 2.68. The first-order chi connectivity index (χ1) is 9.61. The van der Waals surface area contributed by atoms with Gasteiger partial charge >= 0.3 is 0 Å². The lowest BCUT2D eigenvalue weighted by Gasteiger charge is -2.34. The number of rotatable bonds is 6. The predicted octanol–water partition coefficient (Wildman–Crippen LogP) is 0.495. The standard InChI is InChI=1S/C15H23N3O2/c1-3-5-16-8-10-17(11-9-16)6-4-7-18-14(19)12-13(2)15(18)20/h3,12H,1,4-11H2,2H3. The fraction of sp³-hybridized carbons (Fsp3) is 0.600. The number of piperazine rings is 1. The smallest absolute Gasteiger partial charge is 0.256 e. The number of carbonyl (C=O) groups excluding carboxylic acids is 2. The van der Waals surface area contributed by atoms with Crippen LogP contribution in [0.3, 0.4) is 0 Å². The van der Waals surface area contributed by atoms with E-state index < -0.39 is 0 Å². The Bertz CT molecular complexity index is 423. The number of hydrogen-bond donors (Lipinski definition) is 0. The van der Waals surface area contributed by atoms with Crippen LogP contribution in [0.2, 0.25) is 0 Å². The van der Waals surface area contributed by atoms with E-state index in [0.29, 0.717) is 12.1 Å². The van der Waals surface area contributed by atoms with Gasteiger partial charge in [0.1, 0.15) is 0 Å². The van der Waals surface area contributed by atoms with Gasteiger partial charge in [0.15, 0.2) is 0 Å². The molecular weight excluding hydrogens is 254 g/mol. The minimum absolute atomic E-state index is 0.134. The van der Waals surface area contributed by atoms with E-state index in [2.05, 4.69) is 16.4 Å². The number of amides is 2. The normalized spacial score (nSPS) is 21.4. The van der Waals surface area contributed by atoms with Crippen molar-refractivity contribution in [2.75, 3.05) is 45.8 Å². The lowest BCUT2D eigenvalue weighted by Crippen LogP contribution is -2.47. The largest absolute Gasteiger partial charge is 0.301 e. The summed E-state index contributed by atoms with van der Waals surface area (Å²) < 4.78 is 0. The molecule has 0 N–H and O–H groups in total. The van der Waals surface area contributed by atoms with Gasteiger partial charge in [0.25, 0.3) is 11.8 Å². The first-order valence-corrected chi connectivity index (χ1v) is 7.21. The van der Waals surface area contributed by atoms with Crippen molar-refractivity contribution in [1.29, 1.82) is 0 Å². The van der Waals surface area contributed by atoms with Crippen molar-refractivity contribution < 1.29 is 9.59 Å². The Balaban J connectivity index is 1.66. The molecule has 0 aromatic heterocycles. The van der Waals surface area contributed by atoms with E-state index in [0.717, 1.165) is 45.7 Å². The van der Waals surface area contributed by atoms with Gasteiger partial charge in [-0.3, -0.25) is 19.4 Å². The Labute approximate surface area is 120 Å². The molecule has 5 nitrogen and oxygen atoms in total. The zero-order chi connectivity index (χ0) is 14.5. The summed E-state index contributed by atoms with van der Waals surface area (Å²) in [5.41, 5.74) is 0.549. The van der Waals surface area contributed by atoms with E-state index in [4.69, 9.17) is 0 Å². The predicted molar refractivity (Wildman–Crippen MR) is 78.2 cm³/mol. The van der Waals surface area contributed by atoms with E-state index in [-0.39, 0.29) is 11.8 Å². The SMILES string of the molecule is C=CCN1CCN(CCCN2C(=O)C=C(C)C2=O)CC1. The molecule has 0 atom stereocenters. The minimum atomic E-state index is -0.164. The van der Waals surface area contributed by atoms with Crippen molar-refractivity contribution in [3.8, 4) is 0 Å². The van der Waals surface area contributed by atoms with E-state index in [9.17, 15) is 9.59 Å². The highest BCUT2D eigenvalue weighted by molar-refractivity contribution is 6.15. The first-order valence-electron chi connectivity index (χ1n) is 7.21. The van der Waals surface area contributed by atoms with Gasteiger partial charge in [-0.2, -0.15) is 0 Å². The summed E-state index contributed by atoms with van der Waals surface area (Å²) in [5.74, 6) is -0.297. The second-order valence-corrected chi connectivity index (χ2v) is 5.41. The number of hydrogen-bond acceptors (Lipinski definition) is 4. The molecule has 2 aliphatic heterocycles. The van der Waals surface area contributed by atoms with Gasteiger partial charge in [-0.25, -0.2) is 0 Å². The molecule has 20 heavy (non-hydrogen) atoms. The van der Waals surface area contributed by atoms with Gasteiger partial charge < -0.3 is 4.90 Å². The molecule has 0 aliphatic carbocycles. The van der Waals surface area contributed by atoms with Crippen molar-refractivity contribution in [3.63, 3.8) is 0 Å².